The lowest BCUT2D eigenvalue weighted by molar-refractivity contribution is 0.140. The molecule has 1 atom stereocenters. The summed E-state index contributed by atoms with van der Waals surface area (Å²) in [5.74, 6) is 0. The van der Waals surface area contributed by atoms with Crippen molar-refractivity contribution in [3.05, 3.63) is 24.3 Å². The number of hydrogen-bond acceptors (Lipinski definition) is 2. The Kier molecular flexibility index (Phi) is 2.40. The van der Waals surface area contributed by atoms with Crippen molar-refractivity contribution in [3.8, 4) is 0 Å². The molecule has 0 radical (unpaired) electrons. The van der Waals surface area contributed by atoms with Crippen LogP contribution < -0.4 is 0 Å². The van der Waals surface area contributed by atoms with Crippen LogP contribution in [0.15, 0.2) is 24.3 Å². The van der Waals surface area contributed by atoms with E-state index in [1.807, 2.05) is 25.2 Å². The monoisotopic (exact) mass is 137 g/mol. The minimum absolute atomic E-state index is 0.116. The third kappa shape index (κ3) is 1.54. The topological polar surface area (TPSA) is 33.1 Å². The van der Waals surface area contributed by atoms with Crippen LogP contribution in [-0.4, -0.2) is 18.4 Å². The Morgan fingerprint density at radius 1 is 1.60 bits per heavy atom. The van der Waals surface area contributed by atoms with Crippen molar-refractivity contribution in [2.45, 2.75) is 13.0 Å². The van der Waals surface area contributed by atoms with Gasteiger partial charge >= 0.3 is 0 Å². The molecular formula is C8H11NO. The first-order valence-electron chi connectivity index (χ1n) is 3.39. The highest BCUT2D eigenvalue weighted by molar-refractivity contribution is 5.98. The van der Waals surface area contributed by atoms with E-state index in [9.17, 15) is 0 Å². The van der Waals surface area contributed by atoms with E-state index in [1.165, 1.54) is 0 Å². The van der Waals surface area contributed by atoms with Crippen LogP contribution in [0, 0.1) is 5.41 Å². The van der Waals surface area contributed by atoms with Crippen LogP contribution >= 0.6 is 0 Å². The fourth-order valence-electron chi connectivity index (χ4n) is 0.848. The van der Waals surface area contributed by atoms with Crippen LogP contribution in [0.1, 0.15) is 6.92 Å². The van der Waals surface area contributed by atoms with E-state index >= 15 is 0 Å². The Bertz CT molecular complexity index is 182. The Labute approximate surface area is 60.7 Å². The van der Waals surface area contributed by atoms with Crippen molar-refractivity contribution in [2.75, 3.05) is 6.61 Å². The number of ether oxygens (including phenoxy) is 1. The molecule has 1 rings (SSSR count). The van der Waals surface area contributed by atoms with Crippen LogP contribution in [0.25, 0.3) is 0 Å². The molecule has 1 N–H and O–H groups in total. The van der Waals surface area contributed by atoms with E-state index in [-0.39, 0.29) is 6.10 Å². The van der Waals surface area contributed by atoms with Crippen molar-refractivity contribution in [1.82, 2.24) is 0 Å². The zero-order valence-corrected chi connectivity index (χ0v) is 6.00. The maximum absolute atomic E-state index is 7.39. The van der Waals surface area contributed by atoms with Gasteiger partial charge in [0.15, 0.2) is 0 Å². The second-order valence-corrected chi connectivity index (χ2v) is 2.08. The van der Waals surface area contributed by atoms with Gasteiger partial charge in [-0.25, -0.2) is 0 Å². The molecule has 0 spiro atoms. The van der Waals surface area contributed by atoms with Crippen LogP contribution in [0.5, 0.6) is 0 Å². The molecule has 54 valence electrons. The van der Waals surface area contributed by atoms with Crippen LogP contribution in [0.3, 0.4) is 0 Å². The van der Waals surface area contributed by atoms with Crippen molar-refractivity contribution in [1.29, 1.82) is 5.41 Å². The van der Waals surface area contributed by atoms with Gasteiger partial charge in [-0.2, -0.15) is 0 Å². The Balaban J connectivity index is 2.53. The molecule has 0 saturated carbocycles. The van der Waals surface area contributed by atoms with Crippen LogP contribution in [0.2, 0.25) is 0 Å². The first-order chi connectivity index (χ1) is 4.84. The zero-order valence-electron chi connectivity index (χ0n) is 6.00. The summed E-state index contributed by atoms with van der Waals surface area (Å²) >= 11 is 0. The van der Waals surface area contributed by atoms with Gasteiger partial charge in [-0.1, -0.05) is 12.2 Å². The number of hydrogen-bond donors (Lipinski definition) is 1. The molecule has 10 heavy (non-hydrogen) atoms. The molecule has 2 nitrogen and oxygen atoms in total. The largest absolute Gasteiger partial charge is 0.368 e. The summed E-state index contributed by atoms with van der Waals surface area (Å²) in [6, 6.07) is 0. The Hall–Kier alpha value is -0.890. The van der Waals surface area contributed by atoms with Crippen molar-refractivity contribution >= 4 is 5.71 Å². The third-order valence-corrected chi connectivity index (χ3v) is 1.33. The summed E-state index contributed by atoms with van der Waals surface area (Å²) in [7, 11) is 0. The Morgan fingerprint density at radius 3 is 3.00 bits per heavy atom. The first-order valence-corrected chi connectivity index (χ1v) is 3.39. The average Bonchev–Trinajstić information content (AvgIpc) is 1.94. The van der Waals surface area contributed by atoms with Crippen LogP contribution in [0.4, 0.5) is 0 Å². The van der Waals surface area contributed by atoms with Crippen molar-refractivity contribution in [3.63, 3.8) is 0 Å². The van der Waals surface area contributed by atoms with Crippen molar-refractivity contribution in [2.24, 2.45) is 0 Å². The molecule has 0 aromatic carbocycles. The zero-order chi connectivity index (χ0) is 7.40. The summed E-state index contributed by atoms with van der Waals surface area (Å²) in [5.41, 5.74) is 0.532. The minimum atomic E-state index is -0.116. The molecule has 0 bridgehead atoms. The first kappa shape index (κ1) is 7.22. The average molecular weight is 137 g/mol. The Morgan fingerprint density at radius 2 is 2.40 bits per heavy atom. The lowest BCUT2D eigenvalue weighted by Crippen LogP contribution is -2.20. The number of rotatable bonds is 2. The SMILES string of the molecule is CCO[C@H]1C=CC=CC1=N. The molecule has 0 aromatic heterocycles. The van der Waals surface area contributed by atoms with Gasteiger partial charge in [0.1, 0.15) is 6.10 Å². The maximum Gasteiger partial charge on any atom is 0.117 e. The van der Waals surface area contributed by atoms with E-state index < -0.39 is 0 Å². The van der Waals surface area contributed by atoms with Gasteiger partial charge in [-0.15, -0.1) is 0 Å². The predicted molar refractivity (Wildman–Crippen MR) is 41.4 cm³/mol. The van der Waals surface area contributed by atoms with Gasteiger partial charge < -0.3 is 10.1 Å². The van der Waals surface area contributed by atoms with Gasteiger partial charge in [0.2, 0.25) is 0 Å². The summed E-state index contributed by atoms with van der Waals surface area (Å²) in [4.78, 5) is 0. The summed E-state index contributed by atoms with van der Waals surface area (Å²) in [6.07, 6.45) is 7.26. The fourth-order valence-corrected chi connectivity index (χ4v) is 0.848. The molecular weight excluding hydrogens is 126 g/mol. The maximum atomic E-state index is 7.39. The van der Waals surface area contributed by atoms with Gasteiger partial charge in [0, 0.05) is 6.61 Å². The third-order valence-electron chi connectivity index (χ3n) is 1.33. The summed E-state index contributed by atoms with van der Waals surface area (Å²) in [5, 5.41) is 7.39. The lowest BCUT2D eigenvalue weighted by Gasteiger charge is -2.13. The molecule has 0 aliphatic heterocycles. The number of nitrogens with one attached hydrogen (secondary N) is 1. The fraction of sp³-hybridized carbons (Fsp3) is 0.375. The molecule has 0 aromatic rings. The van der Waals surface area contributed by atoms with Crippen LogP contribution in [-0.2, 0) is 4.74 Å². The van der Waals surface area contributed by atoms with E-state index in [0.717, 1.165) is 0 Å². The second-order valence-electron chi connectivity index (χ2n) is 2.08. The standard InChI is InChI=1S/C8H11NO/c1-2-10-8-6-4-3-5-7(8)9/h3-6,8-9H,2H2,1H3/t8-/m0/s1. The molecule has 0 saturated heterocycles. The molecule has 0 unspecified atom stereocenters. The normalized spacial score (nSPS) is 23.7. The highest BCUT2D eigenvalue weighted by atomic mass is 16.5. The second kappa shape index (κ2) is 3.32. The van der Waals surface area contributed by atoms with E-state index in [1.54, 1.807) is 6.08 Å². The molecule has 0 fully saturated rings. The predicted octanol–water partition coefficient (Wildman–Crippen LogP) is 1.54. The summed E-state index contributed by atoms with van der Waals surface area (Å²) < 4.78 is 5.23. The van der Waals surface area contributed by atoms with Gasteiger partial charge in [0.25, 0.3) is 0 Å². The number of allylic oxidation sites excluding steroid dienone is 2. The molecule has 0 heterocycles. The molecule has 1 aliphatic rings. The summed E-state index contributed by atoms with van der Waals surface area (Å²) in [6.45, 7) is 2.59. The van der Waals surface area contributed by atoms with Crippen molar-refractivity contribution < 1.29 is 4.74 Å². The molecule has 0 amide bonds. The van der Waals surface area contributed by atoms with E-state index in [0.29, 0.717) is 12.3 Å². The van der Waals surface area contributed by atoms with E-state index in [2.05, 4.69) is 0 Å². The smallest absolute Gasteiger partial charge is 0.117 e. The highest BCUT2D eigenvalue weighted by Crippen LogP contribution is 2.03. The quantitative estimate of drug-likeness (QED) is 0.615. The van der Waals surface area contributed by atoms with E-state index in [4.69, 9.17) is 10.1 Å². The van der Waals surface area contributed by atoms with Gasteiger partial charge in [-0.3, -0.25) is 0 Å². The molecule has 2 heteroatoms. The molecule has 1 aliphatic carbocycles. The van der Waals surface area contributed by atoms with Gasteiger partial charge in [0.05, 0.1) is 5.71 Å². The van der Waals surface area contributed by atoms with Gasteiger partial charge in [-0.05, 0) is 19.1 Å². The highest BCUT2D eigenvalue weighted by Gasteiger charge is 2.09. The lowest BCUT2D eigenvalue weighted by atomic mass is 10.1. The minimum Gasteiger partial charge on any atom is -0.368 e.